The fourth-order valence-corrected chi connectivity index (χ4v) is 1.87. The summed E-state index contributed by atoms with van der Waals surface area (Å²) in [5.74, 6) is 0.729. The van der Waals surface area contributed by atoms with Gasteiger partial charge in [0.1, 0.15) is 5.76 Å². The number of amides is 2. The SMILES string of the molecule is C[C@H](NC(=O)Nc1ccc(I)cc1)c1ccco1. The maximum absolute atomic E-state index is 11.7. The molecule has 18 heavy (non-hydrogen) atoms. The van der Waals surface area contributed by atoms with Crippen LogP contribution in [0.3, 0.4) is 0 Å². The number of furan rings is 1. The molecule has 94 valence electrons. The van der Waals surface area contributed by atoms with Gasteiger partial charge >= 0.3 is 6.03 Å². The molecule has 2 rings (SSSR count). The summed E-state index contributed by atoms with van der Waals surface area (Å²) in [4.78, 5) is 11.7. The van der Waals surface area contributed by atoms with Gasteiger partial charge in [-0.2, -0.15) is 0 Å². The summed E-state index contributed by atoms with van der Waals surface area (Å²) >= 11 is 2.22. The predicted molar refractivity (Wildman–Crippen MR) is 78.4 cm³/mol. The first-order valence-corrected chi connectivity index (χ1v) is 6.59. The highest BCUT2D eigenvalue weighted by atomic mass is 127. The number of carbonyl (C=O) groups excluding carboxylic acids is 1. The van der Waals surface area contributed by atoms with E-state index in [0.29, 0.717) is 0 Å². The molecular weight excluding hydrogens is 343 g/mol. The van der Waals surface area contributed by atoms with Gasteiger partial charge in [-0.25, -0.2) is 4.79 Å². The van der Waals surface area contributed by atoms with Gasteiger partial charge in [0, 0.05) is 9.26 Å². The van der Waals surface area contributed by atoms with E-state index in [1.807, 2.05) is 37.3 Å². The molecule has 2 aromatic rings. The summed E-state index contributed by atoms with van der Waals surface area (Å²) in [5.41, 5.74) is 0.763. The second-order valence-electron chi connectivity index (χ2n) is 3.84. The van der Waals surface area contributed by atoms with Crippen LogP contribution in [-0.2, 0) is 0 Å². The lowest BCUT2D eigenvalue weighted by Gasteiger charge is -2.12. The molecule has 0 aliphatic carbocycles. The molecule has 1 atom stereocenters. The van der Waals surface area contributed by atoms with E-state index >= 15 is 0 Å². The maximum Gasteiger partial charge on any atom is 0.319 e. The monoisotopic (exact) mass is 356 g/mol. The van der Waals surface area contributed by atoms with E-state index < -0.39 is 0 Å². The molecule has 0 fully saturated rings. The molecule has 5 heteroatoms. The van der Waals surface area contributed by atoms with Crippen molar-refractivity contribution >= 4 is 34.3 Å². The van der Waals surface area contributed by atoms with Gasteiger partial charge < -0.3 is 15.1 Å². The van der Waals surface area contributed by atoms with Crippen molar-refractivity contribution in [1.29, 1.82) is 0 Å². The quantitative estimate of drug-likeness (QED) is 0.823. The first-order valence-electron chi connectivity index (χ1n) is 5.51. The van der Waals surface area contributed by atoms with Gasteiger partial charge in [-0.1, -0.05) is 0 Å². The Hall–Kier alpha value is -1.50. The van der Waals surface area contributed by atoms with E-state index in [4.69, 9.17) is 4.42 Å². The third-order valence-corrected chi connectivity index (χ3v) is 3.14. The molecule has 0 bridgehead atoms. The van der Waals surface area contributed by atoms with E-state index in [1.165, 1.54) is 0 Å². The van der Waals surface area contributed by atoms with E-state index in [0.717, 1.165) is 15.0 Å². The Bertz CT molecular complexity index is 508. The van der Waals surface area contributed by atoms with E-state index in [2.05, 4.69) is 33.2 Å². The molecule has 0 radical (unpaired) electrons. The average Bonchev–Trinajstić information content (AvgIpc) is 2.85. The third-order valence-electron chi connectivity index (χ3n) is 2.42. The van der Waals surface area contributed by atoms with Crippen LogP contribution < -0.4 is 10.6 Å². The largest absolute Gasteiger partial charge is 0.467 e. The Morgan fingerprint density at radius 1 is 1.28 bits per heavy atom. The highest BCUT2D eigenvalue weighted by Gasteiger charge is 2.11. The number of rotatable bonds is 3. The lowest BCUT2D eigenvalue weighted by Crippen LogP contribution is -2.30. The fourth-order valence-electron chi connectivity index (χ4n) is 1.51. The molecule has 1 heterocycles. The van der Waals surface area contributed by atoms with Crippen molar-refractivity contribution in [2.75, 3.05) is 5.32 Å². The third kappa shape index (κ3) is 3.49. The molecule has 0 saturated heterocycles. The van der Waals surface area contributed by atoms with Crippen molar-refractivity contribution in [2.24, 2.45) is 0 Å². The lowest BCUT2D eigenvalue weighted by molar-refractivity contribution is 0.247. The number of anilines is 1. The van der Waals surface area contributed by atoms with Gasteiger partial charge in [-0.15, -0.1) is 0 Å². The van der Waals surface area contributed by atoms with Gasteiger partial charge in [-0.05, 0) is 65.9 Å². The van der Waals surface area contributed by atoms with Gasteiger partial charge in [0.25, 0.3) is 0 Å². The van der Waals surface area contributed by atoms with Crippen LogP contribution in [-0.4, -0.2) is 6.03 Å². The van der Waals surface area contributed by atoms with Gasteiger partial charge in [0.2, 0.25) is 0 Å². The summed E-state index contributed by atoms with van der Waals surface area (Å²) in [7, 11) is 0. The second-order valence-corrected chi connectivity index (χ2v) is 5.09. The normalized spacial score (nSPS) is 11.9. The Morgan fingerprint density at radius 3 is 2.61 bits per heavy atom. The zero-order valence-electron chi connectivity index (χ0n) is 9.81. The molecule has 4 nitrogen and oxygen atoms in total. The van der Waals surface area contributed by atoms with Crippen molar-refractivity contribution in [3.05, 3.63) is 52.0 Å². The molecule has 0 aliphatic rings. The molecule has 0 aliphatic heterocycles. The topological polar surface area (TPSA) is 54.3 Å². The molecule has 2 amide bonds. The predicted octanol–water partition coefficient (Wildman–Crippen LogP) is 3.77. The van der Waals surface area contributed by atoms with Crippen LogP contribution in [0.5, 0.6) is 0 Å². The van der Waals surface area contributed by atoms with Crippen LogP contribution in [0, 0.1) is 3.57 Å². The van der Waals surface area contributed by atoms with Crippen LogP contribution in [0.1, 0.15) is 18.7 Å². The lowest BCUT2D eigenvalue weighted by atomic mass is 10.2. The Morgan fingerprint density at radius 2 is 2.00 bits per heavy atom. The van der Waals surface area contributed by atoms with E-state index in [9.17, 15) is 4.79 Å². The number of carbonyl (C=O) groups is 1. The summed E-state index contributed by atoms with van der Waals surface area (Å²) in [6.07, 6.45) is 1.59. The summed E-state index contributed by atoms with van der Waals surface area (Å²) in [6, 6.07) is 10.8. The number of benzene rings is 1. The summed E-state index contributed by atoms with van der Waals surface area (Å²) in [5, 5.41) is 5.57. The highest BCUT2D eigenvalue weighted by molar-refractivity contribution is 14.1. The van der Waals surface area contributed by atoms with Crippen LogP contribution in [0.25, 0.3) is 0 Å². The van der Waals surface area contributed by atoms with Crippen molar-refractivity contribution in [2.45, 2.75) is 13.0 Å². The van der Waals surface area contributed by atoms with Crippen LogP contribution in [0.4, 0.5) is 10.5 Å². The minimum absolute atomic E-state index is 0.163. The van der Waals surface area contributed by atoms with Crippen molar-refractivity contribution in [1.82, 2.24) is 5.32 Å². The fraction of sp³-hybridized carbons (Fsp3) is 0.154. The highest BCUT2D eigenvalue weighted by Crippen LogP contribution is 2.14. The van der Waals surface area contributed by atoms with Crippen LogP contribution >= 0.6 is 22.6 Å². The Labute approximate surface area is 119 Å². The van der Waals surface area contributed by atoms with E-state index in [1.54, 1.807) is 12.3 Å². The standard InChI is InChI=1S/C13H13IN2O2/c1-9(12-3-2-8-18-12)15-13(17)16-11-6-4-10(14)5-7-11/h2-9H,1H3,(H2,15,16,17)/t9-/m0/s1. The molecule has 1 aromatic heterocycles. The Kier molecular flexibility index (Phi) is 4.24. The van der Waals surface area contributed by atoms with Crippen LogP contribution in [0.15, 0.2) is 47.1 Å². The molecule has 2 N–H and O–H groups in total. The van der Waals surface area contributed by atoms with Gasteiger partial charge in [-0.3, -0.25) is 0 Å². The maximum atomic E-state index is 11.7. The molecule has 0 unspecified atom stereocenters. The number of nitrogens with one attached hydrogen (secondary N) is 2. The van der Waals surface area contributed by atoms with E-state index in [-0.39, 0.29) is 12.1 Å². The summed E-state index contributed by atoms with van der Waals surface area (Å²) in [6.45, 7) is 1.87. The van der Waals surface area contributed by atoms with Crippen molar-refractivity contribution < 1.29 is 9.21 Å². The number of halogens is 1. The molecule has 0 spiro atoms. The first-order chi connectivity index (χ1) is 8.65. The molecular formula is C13H13IN2O2. The number of hydrogen-bond donors (Lipinski definition) is 2. The second kappa shape index (κ2) is 5.90. The van der Waals surface area contributed by atoms with Crippen molar-refractivity contribution in [3.8, 4) is 0 Å². The van der Waals surface area contributed by atoms with Crippen molar-refractivity contribution in [3.63, 3.8) is 0 Å². The van der Waals surface area contributed by atoms with Crippen LogP contribution in [0.2, 0.25) is 0 Å². The zero-order chi connectivity index (χ0) is 13.0. The van der Waals surface area contributed by atoms with Gasteiger partial charge in [0.05, 0.1) is 12.3 Å². The number of hydrogen-bond acceptors (Lipinski definition) is 2. The summed E-state index contributed by atoms with van der Waals surface area (Å²) < 4.78 is 6.35. The first kappa shape index (κ1) is 12.9. The smallest absolute Gasteiger partial charge is 0.319 e. The Balaban J connectivity index is 1.91. The minimum atomic E-state index is -0.250. The van der Waals surface area contributed by atoms with Gasteiger partial charge in [0.15, 0.2) is 0 Å². The molecule has 0 saturated carbocycles. The zero-order valence-corrected chi connectivity index (χ0v) is 12.0. The number of urea groups is 1. The minimum Gasteiger partial charge on any atom is -0.467 e. The average molecular weight is 356 g/mol. The molecule has 1 aromatic carbocycles.